The summed E-state index contributed by atoms with van der Waals surface area (Å²) in [4.78, 5) is 0. The molecule has 0 radical (unpaired) electrons. The second kappa shape index (κ2) is 17.4. The predicted molar refractivity (Wildman–Crippen MR) is 167 cm³/mol. The van der Waals surface area contributed by atoms with E-state index in [9.17, 15) is 0 Å². The van der Waals surface area contributed by atoms with Crippen LogP contribution in [0.5, 0.6) is 0 Å². The van der Waals surface area contributed by atoms with Gasteiger partial charge in [-0.15, -0.1) is 12.6 Å². The van der Waals surface area contributed by atoms with E-state index < -0.39 is 0 Å². The molecule has 1 saturated heterocycles. The summed E-state index contributed by atoms with van der Waals surface area (Å²) < 4.78 is 0. The first-order valence-electron chi connectivity index (χ1n) is 14.9. The van der Waals surface area contributed by atoms with Gasteiger partial charge >= 0.3 is 0 Å². The molecule has 212 valence electrons. The van der Waals surface area contributed by atoms with Crippen LogP contribution < -0.4 is 16.0 Å². The Morgan fingerprint density at radius 3 is 1.17 bits per heavy atom. The third-order valence-electron chi connectivity index (χ3n) is 8.01. The van der Waals surface area contributed by atoms with Gasteiger partial charge in [0.2, 0.25) is 0 Å². The van der Waals surface area contributed by atoms with Gasteiger partial charge < -0.3 is 21.3 Å². The monoisotopic (exact) mass is 579 g/mol. The van der Waals surface area contributed by atoms with E-state index in [0.717, 1.165) is 51.9 Å². The molecule has 4 aromatic rings. The average Bonchev–Trinajstić information content (AvgIpc) is 3.02. The van der Waals surface area contributed by atoms with Crippen LogP contribution in [-0.2, 0) is 21.7 Å². The molecule has 5 rings (SSSR count). The summed E-state index contributed by atoms with van der Waals surface area (Å²) in [6, 6.07) is 44.5. The van der Waals surface area contributed by atoms with Crippen LogP contribution in [0.4, 0.5) is 0 Å². The van der Waals surface area contributed by atoms with Crippen LogP contribution in [0.15, 0.2) is 121 Å². The van der Waals surface area contributed by atoms with E-state index in [0.29, 0.717) is 12.1 Å². The molecule has 4 aromatic carbocycles. The fourth-order valence-electron chi connectivity index (χ4n) is 5.81. The summed E-state index contributed by atoms with van der Waals surface area (Å²) in [7, 11) is 0. The molecule has 0 saturated carbocycles. The summed E-state index contributed by atoms with van der Waals surface area (Å²) >= 11 is 0. The van der Waals surface area contributed by atoms with Crippen molar-refractivity contribution in [2.24, 2.45) is 0 Å². The Balaban J connectivity index is 0.00000387. The predicted octanol–water partition coefficient (Wildman–Crippen LogP) is 7.67. The van der Waals surface area contributed by atoms with Gasteiger partial charge in [-0.1, -0.05) is 140 Å². The Bertz CT molecular complexity index is 1010. The quantitative estimate of drug-likeness (QED) is 0.218. The average molecular weight is 580 g/mol. The minimum Gasteiger partial charge on any atom is -0.656 e. The summed E-state index contributed by atoms with van der Waals surface area (Å²) in [5.74, 6) is 0. The Kier molecular flexibility index (Phi) is 13.3. The van der Waals surface area contributed by atoms with Crippen LogP contribution in [0, 0.1) is 0 Å². The van der Waals surface area contributed by atoms with Crippen LogP contribution in [0.2, 0.25) is 0 Å². The van der Waals surface area contributed by atoms with Crippen LogP contribution in [0.25, 0.3) is 5.32 Å². The third kappa shape index (κ3) is 9.75. The summed E-state index contributed by atoms with van der Waals surface area (Å²) in [5, 5.41) is 17.0. The molecule has 0 amide bonds. The van der Waals surface area contributed by atoms with Crippen molar-refractivity contribution in [1.29, 1.82) is 0 Å². The molecule has 41 heavy (non-hydrogen) atoms. The standard InChI is InChI=1S/C36H43N4.Ti/c1-5-13-29(14-6-1)33-21-25-38-35(31-17-9-3-10-18-31)23-27-40-36(32-19-11-4-12-20-32)24-28-39-34(22-26-37-33)30-15-7-2-8-16-30;/h1-20,33-39H,21-28H2;/q-1;. The van der Waals surface area contributed by atoms with Gasteiger partial charge in [-0.25, -0.2) is 0 Å². The van der Waals surface area contributed by atoms with Crippen molar-refractivity contribution >= 4 is 0 Å². The van der Waals surface area contributed by atoms with E-state index >= 15 is 0 Å². The SMILES string of the molecule is [Ti].c1ccc(C2CCNC(c3ccccc3)CCNC(c3ccccc3)CCNC(c3ccccc3)CC[N-]2)cc1. The normalized spacial score (nSPS) is 23.2. The number of hydrogen-bond donors (Lipinski definition) is 3. The van der Waals surface area contributed by atoms with E-state index in [1.165, 1.54) is 22.3 Å². The first-order chi connectivity index (χ1) is 19.9. The smallest absolute Gasteiger partial charge is 0.0332 e. The molecule has 1 aliphatic rings. The van der Waals surface area contributed by atoms with E-state index in [1.54, 1.807) is 0 Å². The summed E-state index contributed by atoms with van der Waals surface area (Å²) in [6.07, 6.45) is 4.02. The molecule has 1 aliphatic heterocycles. The molecule has 0 spiro atoms. The molecular formula is C36H43N4Ti-. The maximum Gasteiger partial charge on any atom is 0.0332 e. The zero-order valence-electron chi connectivity index (χ0n) is 24.0. The van der Waals surface area contributed by atoms with Crippen molar-refractivity contribution in [2.45, 2.75) is 49.9 Å². The Morgan fingerprint density at radius 2 is 0.756 bits per heavy atom. The fraction of sp³-hybridized carbons (Fsp3) is 0.333. The second-order valence-corrected chi connectivity index (χ2v) is 10.7. The topological polar surface area (TPSA) is 50.2 Å². The van der Waals surface area contributed by atoms with Crippen molar-refractivity contribution in [1.82, 2.24) is 16.0 Å². The number of rotatable bonds is 4. The van der Waals surface area contributed by atoms with Gasteiger partial charge in [0.05, 0.1) is 0 Å². The zero-order chi connectivity index (χ0) is 27.2. The van der Waals surface area contributed by atoms with Crippen LogP contribution in [0.3, 0.4) is 0 Å². The Morgan fingerprint density at radius 1 is 0.415 bits per heavy atom. The largest absolute Gasteiger partial charge is 0.656 e. The molecule has 5 heteroatoms. The van der Waals surface area contributed by atoms with Gasteiger partial charge in [-0.05, 0) is 49.2 Å². The molecular weight excluding hydrogens is 536 g/mol. The van der Waals surface area contributed by atoms with Gasteiger partial charge in [0.15, 0.2) is 0 Å². The minimum atomic E-state index is 0. The van der Waals surface area contributed by atoms with Gasteiger partial charge in [0.25, 0.3) is 0 Å². The van der Waals surface area contributed by atoms with Crippen LogP contribution in [-0.4, -0.2) is 26.2 Å². The van der Waals surface area contributed by atoms with E-state index in [4.69, 9.17) is 5.32 Å². The number of hydrogen-bond acceptors (Lipinski definition) is 3. The Labute approximate surface area is 261 Å². The van der Waals surface area contributed by atoms with Crippen molar-refractivity contribution in [2.75, 3.05) is 26.2 Å². The molecule has 1 fully saturated rings. The van der Waals surface area contributed by atoms with Crippen molar-refractivity contribution < 1.29 is 21.7 Å². The number of nitrogens with one attached hydrogen (secondary N) is 3. The molecule has 0 aliphatic carbocycles. The molecule has 4 nitrogen and oxygen atoms in total. The molecule has 4 unspecified atom stereocenters. The number of benzene rings is 4. The first-order valence-corrected chi connectivity index (χ1v) is 14.9. The summed E-state index contributed by atoms with van der Waals surface area (Å²) in [6.45, 7) is 3.63. The molecule has 3 N–H and O–H groups in total. The minimum absolute atomic E-state index is 0. The fourth-order valence-corrected chi connectivity index (χ4v) is 5.81. The maximum atomic E-state index is 5.27. The van der Waals surface area contributed by atoms with Gasteiger partial charge in [0.1, 0.15) is 0 Å². The molecule has 1 heterocycles. The van der Waals surface area contributed by atoms with Gasteiger partial charge in [-0.3, -0.25) is 0 Å². The van der Waals surface area contributed by atoms with E-state index in [1.807, 2.05) is 0 Å². The second-order valence-electron chi connectivity index (χ2n) is 10.7. The van der Waals surface area contributed by atoms with Gasteiger partial charge in [0, 0.05) is 39.8 Å². The molecule has 4 atom stereocenters. The van der Waals surface area contributed by atoms with Crippen molar-refractivity contribution in [3.63, 3.8) is 0 Å². The Hall–Kier alpha value is -2.57. The third-order valence-corrected chi connectivity index (χ3v) is 8.01. The molecule has 0 aromatic heterocycles. The van der Waals surface area contributed by atoms with Gasteiger partial charge in [-0.2, -0.15) is 0 Å². The van der Waals surface area contributed by atoms with Crippen molar-refractivity contribution in [3.05, 3.63) is 149 Å². The zero-order valence-corrected chi connectivity index (χ0v) is 25.5. The van der Waals surface area contributed by atoms with E-state index in [-0.39, 0.29) is 33.8 Å². The first kappa shape index (κ1) is 31.4. The van der Waals surface area contributed by atoms with Crippen LogP contribution >= 0.6 is 0 Å². The summed E-state index contributed by atoms with van der Waals surface area (Å²) in [5.41, 5.74) is 5.35. The molecule has 0 bridgehead atoms. The van der Waals surface area contributed by atoms with E-state index in [2.05, 4.69) is 137 Å². The van der Waals surface area contributed by atoms with Crippen LogP contribution in [0.1, 0.15) is 72.1 Å². The van der Waals surface area contributed by atoms with Crippen molar-refractivity contribution in [3.8, 4) is 0 Å². The number of nitrogens with zero attached hydrogens (tertiary/aromatic N) is 1. The maximum absolute atomic E-state index is 5.27.